The second-order valence-corrected chi connectivity index (χ2v) is 8.53. The molecule has 2 N–H and O–H groups in total. The lowest BCUT2D eigenvalue weighted by Gasteiger charge is -2.63. The third-order valence-electron chi connectivity index (χ3n) is 6.23. The zero-order chi connectivity index (χ0) is 21.5. The Morgan fingerprint density at radius 1 is 1.27 bits per heavy atom. The predicted octanol–water partition coefficient (Wildman–Crippen LogP) is 3.50. The Balaban J connectivity index is 1.56. The molecule has 7 nitrogen and oxygen atoms in total. The first-order chi connectivity index (χ1) is 14.3. The Hall–Kier alpha value is -3.03. The lowest BCUT2D eigenvalue weighted by Crippen LogP contribution is -2.73. The second-order valence-electron chi connectivity index (χ2n) is 8.53. The van der Waals surface area contributed by atoms with Crippen LogP contribution in [0.2, 0.25) is 0 Å². The molecule has 158 valence electrons. The predicted molar refractivity (Wildman–Crippen MR) is 111 cm³/mol. The summed E-state index contributed by atoms with van der Waals surface area (Å²) in [6.45, 7) is 4.09. The first-order valence-electron chi connectivity index (χ1n) is 10.2. The molecule has 0 radical (unpaired) electrons. The van der Waals surface area contributed by atoms with E-state index < -0.39 is 11.4 Å². The summed E-state index contributed by atoms with van der Waals surface area (Å²) in [5, 5.41) is 5.66. The average Bonchev–Trinajstić information content (AvgIpc) is 2.69. The zero-order valence-corrected chi connectivity index (χ0v) is 17.4. The quantitative estimate of drug-likeness (QED) is 0.806. The largest absolute Gasteiger partial charge is 0.359 e. The van der Waals surface area contributed by atoms with E-state index in [1.165, 1.54) is 0 Å². The van der Waals surface area contributed by atoms with Gasteiger partial charge in [0.05, 0.1) is 24.4 Å². The molecular formula is C22H26FN5O2. The van der Waals surface area contributed by atoms with E-state index >= 15 is 0 Å². The van der Waals surface area contributed by atoms with Crippen molar-refractivity contribution in [1.82, 2.24) is 20.2 Å². The van der Waals surface area contributed by atoms with E-state index in [-0.39, 0.29) is 18.0 Å². The van der Waals surface area contributed by atoms with Crippen LogP contribution in [0.3, 0.4) is 0 Å². The molecule has 2 fully saturated rings. The molecule has 1 aromatic carbocycles. The van der Waals surface area contributed by atoms with Gasteiger partial charge in [0.25, 0.3) is 0 Å². The number of rotatable bonds is 4. The normalized spacial score (nSPS) is 24.7. The van der Waals surface area contributed by atoms with Crippen molar-refractivity contribution in [1.29, 1.82) is 0 Å². The summed E-state index contributed by atoms with van der Waals surface area (Å²) in [5.74, 6) is 0.335. The standard InChI is InChI=1S/C22H26FN5O2/c1-13-6-17-9-22(8-13,10-19(29)24-3)28(17)21(30)27-16-5-4-14(2)18(7-16)20-25-11-15(23)12-26-20/h4-5,7,11-13,17H,6,8-10H2,1-3H3,(H,24,29)(H,27,30)/t13-,17?,22?/m1/s1. The van der Waals surface area contributed by atoms with Gasteiger partial charge in [0.1, 0.15) is 0 Å². The fourth-order valence-corrected chi connectivity index (χ4v) is 5.04. The molecule has 1 saturated carbocycles. The number of piperidine rings is 1. The number of carbonyl (C=O) groups is 2. The summed E-state index contributed by atoms with van der Waals surface area (Å²) in [7, 11) is 1.62. The molecular weight excluding hydrogens is 385 g/mol. The molecule has 2 aromatic rings. The maximum atomic E-state index is 13.2. The Bertz CT molecular complexity index is 980. The molecule has 0 spiro atoms. The number of urea groups is 1. The second kappa shape index (κ2) is 7.66. The molecule has 30 heavy (non-hydrogen) atoms. The van der Waals surface area contributed by atoms with Gasteiger partial charge in [0.15, 0.2) is 11.6 Å². The Labute approximate surface area is 175 Å². The van der Waals surface area contributed by atoms with Gasteiger partial charge in [-0.3, -0.25) is 4.79 Å². The summed E-state index contributed by atoms with van der Waals surface area (Å²) in [4.78, 5) is 35.2. The maximum Gasteiger partial charge on any atom is 0.322 e. The topological polar surface area (TPSA) is 87.2 Å². The molecule has 4 rings (SSSR count). The molecule has 1 aliphatic carbocycles. The number of nitrogens with zero attached hydrogens (tertiary/aromatic N) is 3. The fourth-order valence-electron chi connectivity index (χ4n) is 5.04. The van der Waals surface area contributed by atoms with E-state index in [0.717, 1.165) is 42.8 Å². The van der Waals surface area contributed by atoms with E-state index in [9.17, 15) is 14.0 Å². The molecule has 2 bridgehead atoms. The molecule has 2 aliphatic rings. The first kappa shape index (κ1) is 20.3. The van der Waals surface area contributed by atoms with Crippen LogP contribution < -0.4 is 10.6 Å². The fraction of sp³-hybridized carbons (Fsp3) is 0.455. The summed E-state index contributed by atoms with van der Waals surface area (Å²) >= 11 is 0. The number of aryl methyl sites for hydroxylation is 1. The van der Waals surface area contributed by atoms with Gasteiger partial charge in [-0.15, -0.1) is 0 Å². The number of halogens is 1. The number of fused-ring (bicyclic) bond motifs is 2. The summed E-state index contributed by atoms with van der Waals surface area (Å²) < 4.78 is 13.2. The van der Waals surface area contributed by atoms with E-state index in [4.69, 9.17) is 0 Å². The lowest BCUT2D eigenvalue weighted by molar-refractivity contribution is -0.134. The smallest absolute Gasteiger partial charge is 0.322 e. The molecule has 1 saturated heterocycles. The van der Waals surface area contributed by atoms with Gasteiger partial charge >= 0.3 is 6.03 Å². The monoisotopic (exact) mass is 411 g/mol. The molecule has 2 heterocycles. The van der Waals surface area contributed by atoms with Crippen molar-refractivity contribution >= 4 is 17.6 Å². The summed E-state index contributed by atoms with van der Waals surface area (Å²) in [6, 6.07) is 5.45. The number of anilines is 1. The molecule has 1 aromatic heterocycles. The number of nitrogens with one attached hydrogen (secondary N) is 2. The van der Waals surface area contributed by atoms with Crippen LogP contribution >= 0.6 is 0 Å². The van der Waals surface area contributed by atoms with Crippen LogP contribution in [0.25, 0.3) is 11.4 Å². The average molecular weight is 411 g/mol. The molecule has 8 heteroatoms. The highest BCUT2D eigenvalue weighted by Gasteiger charge is 2.58. The molecule has 2 unspecified atom stereocenters. The SMILES string of the molecule is CNC(=O)CC12CC(C[C@@H](C)C1)N2C(=O)Nc1ccc(C)c(-c2ncc(F)cn2)c1. The highest BCUT2D eigenvalue weighted by molar-refractivity contribution is 5.92. The Morgan fingerprint density at radius 2 is 2.00 bits per heavy atom. The number of benzene rings is 1. The van der Waals surface area contributed by atoms with Crippen LogP contribution in [-0.4, -0.2) is 45.4 Å². The van der Waals surface area contributed by atoms with Crippen LogP contribution in [0.4, 0.5) is 14.9 Å². The van der Waals surface area contributed by atoms with Crippen LogP contribution in [0.15, 0.2) is 30.6 Å². The number of likely N-dealkylation sites (tertiary alicyclic amines) is 1. The number of hydrogen-bond donors (Lipinski definition) is 2. The third kappa shape index (κ3) is 3.62. The molecule has 3 atom stereocenters. The number of aromatic nitrogens is 2. The minimum atomic E-state index is -0.499. The third-order valence-corrected chi connectivity index (χ3v) is 6.23. The van der Waals surface area contributed by atoms with E-state index in [1.54, 1.807) is 13.1 Å². The highest BCUT2D eigenvalue weighted by Crippen LogP contribution is 2.51. The van der Waals surface area contributed by atoms with E-state index in [1.807, 2.05) is 24.0 Å². The van der Waals surface area contributed by atoms with Crippen molar-refractivity contribution in [3.8, 4) is 11.4 Å². The minimum Gasteiger partial charge on any atom is -0.359 e. The highest BCUT2D eigenvalue weighted by atomic mass is 19.1. The summed E-state index contributed by atoms with van der Waals surface area (Å²) in [5.41, 5.74) is 1.84. The van der Waals surface area contributed by atoms with Crippen molar-refractivity contribution in [3.05, 3.63) is 42.0 Å². The van der Waals surface area contributed by atoms with Crippen molar-refractivity contribution < 1.29 is 14.0 Å². The Kier molecular flexibility index (Phi) is 5.17. The maximum absolute atomic E-state index is 13.2. The van der Waals surface area contributed by atoms with Gasteiger partial charge in [-0.2, -0.15) is 0 Å². The van der Waals surface area contributed by atoms with Gasteiger partial charge in [-0.05, 0) is 49.8 Å². The van der Waals surface area contributed by atoms with Gasteiger partial charge in [-0.25, -0.2) is 19.2 Å². The lowest BCUT2D eigenvalue weighted by atomic mass is 9.63. The van der Waals surface area contributed by atoms with Gasteiger partial charge < -0.3 is 15.5 Å². The van der Waals surface area contributed by atoms with Gasteiger partial charge in [0, 0.05) is 24.3 Å². The van der Waals surface area contributed by atoms with E-state index in [0.29, 0.717) is 23.9 Å². The van der Waals surface area contributed by atoms with Crippen LogP contribution in [0, 0.1) is 18.7 Å². The zero-order valence-electron chi connectivity index (χ0n) is 17.4. The van der Waals surface area contributed by atoms with Crippen molar-refractivity contribution in [2.24, 2.45) is 5.92 Å². The van der Waals surface area contributed by atoms with Crippen LogP contribution in [0.5, 0.6) is 0 Å². The number of carbonyl (C=O) groups excluding carboxylic acids is 2. The van der Waals surface area contributed by atoms with Crippen LogP contribution in [0.1, 0.15) is 38.2 Å². The van der Waals surface area contributed by atoms with E-state index in [2.05, 4.69) is 27.5 Å². The number of hydrogen-bond acceptors (Lipinski definition) is 4. The Morgan fingerprint density at radius 3 is 2.70 bits per heavy atom. The van der Waals surface area contributed by atoms with Crippen molar-refractivity contribution in [3.63, 3.8) is 0 Å². The van der Waals surface area contributed by atoms with Crippen LogP contribution in [-0.2, 0) is 4.79 Å². The van der Waals surface area contributed by atoms with Crippen molar-refractivity contribution in [2.75, 3.05) is 12.4 Å². The van der Waals surface area contributed by atoms with Gasteiger partial charge in [-0.1, -0.05) is 13.0 Å². The summed E-state index contributed by atoms with van der Waals surface area (Å²) in [6.07, 6.45) is 5.20. The minimum absolute atomic E-state index is 0.0496. The molecule has 3 amide bonds. The van der Waals surface area contributed by atoms with Crippen molar-refractivity contribution in [2.45, 2.75) is 51.1 Å². The number of amides is 3. The molecule has 1 aliphatic heterocycles. The van der Waals surface area contributed by atoms with Gasteiger partial charge in [0.2, 0.25) is 5.91 Å². The first-order valence-corrected chi connectivity index (χ1v) is 10.2.